The number of rotatable bonds is 2. The molecule has 10 heavy (non-hydrogen) atoms. The van der Waals surface area contributed by atoms with Crippen LogP contribution in [-0.4, -0.2) is 11.2 Å². The molecule has 0 heterocycles. The zero-order valence-electron chi connectivity index (χ0n) is 7.07. The smallest absolute Gasteiger partial charge is 0.139 e. The molecule has 60 valence electrons. The van der Waals surface area contributed by atoms with Crippen LogP contribution in [0.3, 0.4) is 0 Å². The van der Waals surface area contributed by atoms with Crippen molar-refractivity contribution in [1.82, 2.24) is 0 Å². The first-order valence-corrected chi connectivity index (χ1v) is 3.95. The number of carbonyl (C=O) groups is 1. The van der Waals surface area contributed by atoms with Crippen LogP contribution >= 0.6 is 11.6 Å². The van der Waals surface area contributed by atoms with Gasteiger partial charge in [0.15, 0.2) is 0 Å². The molecule has 0 rings (SSSR count). The Balaban J connectivity index is 3.87. The Labute approximate surface area is 67.8 Å². The van der Waals surface area contributed by atoms with Crippen LogP contribution in [0.4, 0.5) is 0 Å². The normalized spacial score (nSPS) is 14.9. The van der Waals surface area contributed by atoms with E-state index in [1.807, 2.05) is 27.7 Å². The highest BCUT2D eigenvalue weighted by Gasteiger charge is 2.21. The molecule has 0 aliphatic rings. The minimum Gasteiger partial charge on any atom is -0.299 e. The Morgan fingerprint density at radius 2 is 1.90 bits per heavy atom. The molecular formula is C8H15ClO. The molecule has 0 saturated carbocycles. The molecule has 1 atom stereocenters. The predicted octanol–water partition coefficient (Wildman–Crippen LogP) is 2.62. The molecule has 0 aromatic heterocycles. The van der Waals surface area contributed by atoms with Gasteiger partial charge in [-0.1, -0.05) is 20.8 Å². The maximum Gasteiger partial charge on any atom is 0.139 e. The lowest BCUT2D eigenvalue weighted by atomic mass is 9.88. The Morgan fingerprint density at radius 3 is 2.00 bits per heavy atom. The van der Waals surface area contributed by atoms with Crippen molar-refractivity contribution in [3.8, 4) is 0 Å². The molecule has 0 N–H and O–H groups in total. The second kappa shape index (κ2) is 3.38. The van der Waals surface area contributed by atoms with E-state index >= 15 is 0 Å². The lowest BCUT2D eigenvalue weighted by Gasteiger charge is -2.16. The van der Waals surface area contributed by atoms with E-state index in [0.29, 0.717) is 6.42 Å². The number of hydrogen-bond donors (Lipinski definition) is 0. The molecule has 0 radical (unpaired) electrons. The summed E-state index contributed by atoms with van der Waals surface area (Å²) in [6, 6.07) is 0. The monoisotopic (exact) mass is 162 g/mol. The maximum absolute atomic E-state index is 11.2. The third-order valence-corrected chi connectivity index (χ3v) is 1.46. The van der Waals surface area contributed by atoms with Crippen molar-refractivity contribution in [3.63, 3.8) is 0 Å². The molecule has 0 fully saturated rings. The Kier molecular flexibility index (Phi) is 3.37. The van der Waals surface area contributed by atoms with Gasteiger partial charge in [0.05, 0.1) is 0 Å². The minimum absolute atomic E-state index is 0.0354. The molecule has 1 nitrogen and oxygen atoms in total. The Hall–Kier alpha value is -0.0400. The van der Waals surface area contributed by atoms with Crippen LogP contribution in [-0.2, 0) is 4.79 Å². The predicted molar refractivity (Wildman–Crippen MR) is 44.4 cm³/mol. The van der Waals surface area contributed by atoms with Crippen molar-refractivity contribution in [2.75, 3.05) is 0 Å². The van der Waals surface area contributed by atoms with Crippen molar-refractivity contribution in [2.45, 2.75) is 39.5 Å². The van der Waals surface area contributed by atoms with Gasteiger partial charge >= 0.3 is 0 Å². The fourth-order valence-electron chi connectivity index (χ4n) is 0.562. The summed E-state index contributed by atoms with van der Waals surface area (Å²) in [7, 11) is 0. The van der Waals surface area contributed by atoms with Crippen molar-refractivity contribution in [3.05, 3.63) is 0 Å². The molecule has 0 aromatic rings. The van der Waals surface area contributed by atoms with Crippen LogP contribution in [0.2, 0.25) is 0 Å². The first-order valence-electron chi connectivity index (χ1n) is 3.51. The maximum atomic E-state index is 11.2. The average molecular weight is 163 g/mol. The van der Waals surface area contributed by atoms with Gasteiger partial charge in [-0.2, -0.15) is 0 Å². The van der Waals surface area contributed by atoms with Gasteiger partial charge in [-0.15, -0.1) is 11.6 Å². The van der Waals surface area contributed by atoms with Gasteiger partial charge in [0, 0.05) is 17.2 Å². The summed E-state index contributed by atoms with van der Waals surface area (Å²) in [6.45, 7) is 7.57. The number of carbonyl (C=O) groups excluding carboxylic acids is 1. The molecule has 0 bridgehead atoms. The molecule has 1 unspecified atom stereocenters. The van der Waals surface area contributed by atoms with Gasteiger partial charge in [0.25, 0.3) is 0 Å². The number of ketones is 1. The van der Waals surface area contributed by atoms with Gasteiger partial charge in [-0.25, -0.2) is 0 Å². The van der Waals surface area contributed by atoms with E-state index in [4.69, 9.17) is 11.6 Å². The van der Waals surface area contributed by atoms with Crippen LogP contribution in [0.15, 0.2) is 0 Å². The summed E-state index contributed by atoms with van der Waals surface area (Å²) in [4.78, 5) is 11.2. The topological polar surface area (TPSA) is 17.1 Å². The van der Waals surface area contributed by atoms with Crippen molar-refractivity contribution < 1.29 is 4.79 Å². The van der Waals surface area contributed by atoms with Gasteiger partial charge < -0.3 is 0 Å². The quantitative estimate of drug-likeness (QED) is 0.571. The zero-order chi connectivity index (χ0) is 8.36. The highest BCUT2D eigenvalue weighted by atomic mass is 35.5. The standard InChI is InChI=1S/C8H15ClO/c1-6(9)5-7(10)8(2,3)4/h6H,5H2,1-4H3. The zero-order valence-corrected chi connectivity index (χ0v) is 7.83. The van der Waals surface area contributed by atoms with Crippen LogP contribution in [0.1, 0.15) is 34.1 Å². The molecule has 0 spiro atoms. The molecule has 0 saturated heterocycles. The lowest BCUT2D eigenvalue weighted by Crippen LogP contribution is -2.22. The summed E-state index contributed by atoms with van der Waals surface area (Å²) in [6.07, 6.45) is 0.477. The number of halogens is 1. The largest absolute Gasteiger partial charge is 0.299 e. The van der Waals surface area contributed by atoms with Crippen molar-refractivity contribution in [1.29, 1.82) is 0 Å². The highest BCUT2D eigenvalue weighted by Crippen LogP contribution is 2.18. The van der Waals surface area contributed by atoms with Crippen LogP contribution in [0.5, 0.6) is 0 Å². The van der Waals surface area contributed by atoms with Crippen LogP contribution in [0.25, 0.3) is 0 Å². The van der Waals surface area contributed by atoms with Gasteiger partial charge in [0.2, 0.25) is 0 Å². The Bertz CT molecular complexity index is 122. The van der Waals surface area contributed by atoms with Crippen LogP contribution < -0.4 is 0 Å². The molecule has 0 aliphatic heterocycles. The average Bonchev–Trinajstić information content (AvgIpc) is 1.60. The van der Waals surface area contributed by atoms with Crippen molar-refractivity contribution in [2.24, 2.45) is 5.41 Å². The van der Waals surface area contributed by atoms with Gasteiger partial charge in [-0.05, 0) is 6.92 Å². The van der Waals surface area contributed by atoms with Crippen molar-refractivity contribution >= 4 is 17.4 Å². The van der Waals surface area contributed by atoms with E-state index in [2.05, 4.69) is 0 Å². The van der Waals surface area contributed by atoms with E-state index in [1.165, 1.54) is 0 Å². The fraction of sp³-hybridized carbons (Fsp3) is 0.875. The first-order chi connectivity index (χ1) is 4.34. The van der Waals surface area contributed by atoms with Gasteiger partial charge in [-0.3, -0.25) is 4.79 Å². The first kappa shape index (κ1) is 9.96. The molecular weight excluding hydrogens is 148 g/mol. The fourth-order valence-corrected chi connectivity index (χ4v) is 0.702. The van der Waals surface area contributed by atoms with E-state index in [1.54, 1.807) is 0 Å². The third kappa shape index (κ3) is 3.89. The summed E-state index contributed by atoms with van der Waals surface area (Å²) < 4.78 is 0. The minimum atomic E-state index is -0.233. The summed E-state index contributed by atoms with van der Waals surface area (Å²) >= 11 is 5.66. The molecule has 0 amide bonds. The summed E-state index contributed by atoms with van der Waals surface area (Å²) in [5.41, 5.74) is -0.233. The number of hydrogen-bond acceptors (Lipinski definition) is 1. The number of Topliss-reactive ketones (excluding diaryl/α,β-unsaturated/α-hetero) is 1. The van der Waals surface area contributed by atoms with Gasteiger partial charge in [0.1, 0.15) is 5.78 Å². The van der Waals surface area contributed by atoms with Crippen LogP contribution in [0, 0.1) is 5.41 Å². The molecule has 0 aliphatic carbocycles. The van der Waals surface area contributed by atoms with E-state index in [0.717, 1.165) is 0 Å². The summed E-state index contributed by atoms with van der Waals surface area (Å²) in [5, 5.41) is -0.0354. The second-order valence-corrected chi connectivity index (χ2v) is 4.40. The highest BCUT2D eigenvalue weighted by molar-refractivity contribution is 6.21. The summed E-state index contributed by atoms with van der Waals surface area (Å²) in [5.74, 6) is 0.231. The van der Waals surface area contributed by atoms with E-state index in [-0.39, 0.29) is 16.6 Å². The molecule has 0 aromatic carbocycles. The Morgan fingerprint density at radius 1 is 1.50 bits per heavy atom. The lowest BCUT2D eigenvalue weighted by molar-refractivity contribution is -0.126. The van der Waals surface area contributed by atoms with E-state index in [9.17, 15) is 4.79 Å². The second-order valence-electron chi connectivity index (χ2n) is 3.66. The van der Waals surface area contributed by atoms with E-state index < -0.39 is 0 Å². The molecule has 2 heteroatoms. The third-order valence-electron chi connectivity index (χ3n) is 1.30. The SMILES string of the molecule is CC(Cl)CC(=O)C(C)(C)C. The number of alkyl halides is 1.